The molecular formula is C8H9ClN2. The fraction of sp³-hybridized carbons (Fsp3) is 0.125. The summed E-state index contributed by atoms with van der Waals surface area (Å²) in [4.78, 5) is 3.88. The van der Waals surface area contributed by atoms with Crippen molar-refractivity contribution in [1.82, 2.24) is 0 Å². The Kier molecular flexibility index (Phi) is 2.93. The molecule has 0 saturated carbocycles. The molecule has 0 atom stereocenters. The van der Waals surface area contributed by atoms with Crippen molar-refractivity contribution in [2.75, 3.05) is 0 Å². The third-order valence-electron chi connectivity index (χ3n) is 1.27. The van der Waals surface area contributed by atoms with Gasteiger partial charge in [-0.1, -0.05) is 23.7 Å². The van der Waals surface area contributed by atoms with Crippen LogP contribution in [0.3, 0.4) is 0 Å². The lowest BCUT2D eigenvalue weighted by atomic mass is 10.2. The van der Waals surface area contributed by atoms with Gasteiger partial charge in [0, 0.05) is 5.02 Å². The Morgan fingerprint density at radius 3 is 3.00 bits per heavy atom. The van der Waals surface area contributed by atoms with Crippen LogP contribution in [0.4, 0.5) is 0 Å². The first kappa shape index (κ1) is 8.08. The maximum atomic E-state index is 5.74. The summed E-state index contributed by atoms with van der Waals surface area (Å²) < 4.78 is 0. The SMILES string of the molecule is NC=NCc1cccc(Cl)c1. The van der Waals surface area contributed by atoms with Gasteiger partial charge in [-0.2, -0.15) is 0 Å². The highest BCUT2D eigenvalue weighted by atomic mass is 35.5. The predicted molar refractivity (Wildman–Crippen MR) is 47.8 cm³/mol. The maximum Gasteiger partial charge on any atom is 0.0801 e. The lowest BCUT2D eigenvalue weighted by molar-refractivity contribution is 1.07. The highest BCUT2D eigenvalue weighted by Gasteiger charge is 1.90. The molecule has 0 aliphatic carbocycles. The number of rotatable bonds is 2. The lowest BCUT2D eigenvalue weighted by Gasteiger charge is -1.95. The number of nitrogens with zero attached hydrogens (tertiary/aromatic N) is 1. The molecule has 11 heavy (non-hydrogen) atoms. The van der Waals surface area contributed by atoms with Crippen molar-refractivity contribution in [3.05, 3.63) is 34.9 Å². The fourth-order valence-corrected chi connectivity index (χ4v) is 1.01. The van der Waals surface area contributed by atoms with Gasteiger partial charge in [0.1, 0.15) is 0 Å². The minimum atomic E-state index is 0.594. The van der Waals surface area contributed by atoms with Gasteiger partial charge < -0.3 is 5.73 Å². The number of benzene rings is 1. The van der Waals surface area contributed by atoms with Gasteiger partial charge in [0.05, 0.1) is 12.9 Å². The zero-order chi connectivity index (χ0) is 8.10. The van der Waals surface area contributed by atoms with Gasteiger partial charge in [-0.15, -0.1) is 0 Å². The smallest absolute Gasteiger partial charge is 0.0801 e. The van der Waals surface area contributed by atoms with Crippen LogP contribution in [0.2, 0.25) is 5.02 Å². The van der Waals surface area contributed by atoms with E-state index in [2.05, 4.69) is 4.99 Å². The second kappa shape index (κ2) is 3.98. The number of aliphatic imine (C=N–C) groups is 1. The molecule has 0 bridgehead atoms. The lowest BCUT2D eigenvalue weighted by Crippen LogP contribution is -1.89. The number of hydrogen-bond donors (Lipinski definition) is 1. The van der Waals surface area contributed by atoms with Gasteiger partial charge in [0.15, 0.2) is 0 Å². The molecule has 1 aromatic rings. The summed E-state index contributed by atoms with van der Waals surface area (Å²) in [5.74, 6) is 0. The summed E-state index contributed by atoms with van der Waals surface area (Å²) in [5.41, 5.74) is 6.16. The Hall–Kier alpha value is -1.02. The van der Waals surface area contributed by atoms with Crippen molar-refractivity contribution in [3.63, 3.8) is 0 Å². The molecule has 1 rings (SSSR count). The first-order valence-electron chi connectivity index (χ1n) is 3.27. The maximum absolute atomic E-state index is 5.74. The van der Waals surface area contributed by atoms with E-state index in [1.165, 1.54) is 6.34 Å². The number of hydrogen-bond acceptors (Lipinski definition) is 1. The molecule has 0 radical (unpaired) electrons. The average molecular weight is 169 g/mol. The highest BCUT2D eigenvalue weighted by molar-refractivity contribution is 6.30. The minimum Gasteiger partial charge on any atom is -0.390 e. The van der Waals surface area contributed by atoms with Crippen molar-refractivity contribution >= 4 is 17.9 Å². The number of halogens is 1. The van der Waals surface area contributed by atoms with E-state index >= 15 is 0 Å². The van der Waals surface area contributed by atoms with Crippen molar-refractivity contribution in [1.29, 1.82) is 0 Å². The normalized spacial score (nSPS) is 10.6. The van der Waals surface area contributed by atoms with E-state index in [-0.39, 0.29) is 0 Å². The first-order valence-corrected chi connectivity index (χ1v) is 3.65. The summed E-state index contributed by atoms with van der Waals surface area (Å²) in [6.45, 7) is 0.594. The average Bonchev–Trinajstić information content (AvgIpc) is 2.01. The molecule has 58 valence electrons. The van der Waals surface area contributed by atoms with Crippen LogP contribution in [-0.2, 0) is 6.54 Å². The monoisotopic (exact) mass is 168 g/mol. The van der Waals surface area contributed by atoms with Crippen LogP contribution in [0.5, 0.6) is 0 Å². The third kappa shape index (κ3) is 2.60. The van der Waals surface area contributed by atoms with Gasteiger partial charge >= 0.3 is 0 Å². The van der Waals surface area contributed by atoms with E-state index in [1.54, 1.807) is 0 Å². The summed E-state index contributed by atoms with van der Waals surface area (Å²) in [5, 5.41) is 0.731. The Labute approximate surface area is 70.7 Å². The summed E-state index contributed by atoms with van der Waals surface area (Å²) in [6.07, 6.45) is 1.29. The van der Waals surface area contributed by atoms with Crippen molar-refractivity contribution in [3.8, 4) is 0 Å². The quantitative estimate of drug-likeness (QED) is 0.531. The molecular weight excluding hydrogens is 160 g/mol. The Morgan fingerprint density at radius 2 is 2.36 bits per heavy atom. The van der Waals surface area contributed by atoms with Crippen LogP contribution in [0.15, 0.2) is 29.3 Å². The van der Waals surface area contributed by atoms with Crippen molar-refractivity contribution in [2.24, 2.45) is 10.7 Å². The standard InChI is InChI=1S/C8H9ClN2/c9-8-3-1-2-7(4-8)5-11-6-10/h1-4,6H,5H2,(H2,10,11). The fourth-order valence-electron chi connectivity index (χ4n) is 0.793. The van der Waals surface area contributed by atoms with Crippen LogP contribution >= 0.6 is 11.6 Å². The van der Waals surface area contributed by atoms with Gasteiger partial charge in [0.25, 0.3) is 0 Å². The van der Waals surface area contributed by atoms with Gasteiger partial charge in [0.2, 0.25) is 0 Å². The van der Waals surface area contributed by atoms with E-state index in [1.807, 2.05) is 24.3 Å². The molecule has 0 unspecified atom stereocenters. The highest BCUT2D eigenvalue weighted by Crippen LogP contribution is 2.10. The molecule has 0 aliphatic heterocycles. The zero-order valence-electron chi connectivity index (χ0n) is 6.00. The van der Waals surface area contributed by atoms with E-state index in [4.69, 9.17) is 17.3 Å². The molecule has 0 amide bonds. The van der Waals surface area contributed by atoms with Crippen LogP contribution in [0.25, 0.3) is 0 Å². The van der Waals surface area contributed by atoms with Crippen LogP contribution in [0.1, 0.15) is 5.56 Å². The first-order chi connectivity index (χ1) is 5.33. The van der Waals surface area contributed by atoms with E-state index in [0.29, 0.717) is 6.54 Å². The second-order valence-corrected chi connectivity index (χ2v) is 2.56. The molecule has 0 aliphatic rings. The second-order valence-electron chi connectivity index (χ2n) is 2.12. The predicted octanol–water partition coefficient (Wildman–Crippen LogP) is 1.83. The Balaban J connectivity index is 2.71. The topological polar surface area (TPSA) is 38.4 Å². The van der Waals surface area contributed by atoms with Gasteiger partial charge in [-0.25, -0.2) is 0 Å². The Bertz CT molecular complexity index is 258. The minimum absolute atomic E-state index is 0.594. The van der Waals surface area contributed by atoms with E-state index in [0.717, 1.165) is 10.6 Å². The van der Waals surface area contributed by atoms with Crippen molar-refractivity contribution < 1.29 is 0 Å². The molecule has 0 spiro atoms. The van der Waals surface area contributed by atoms with E-state index in [9.17, 15) is 0 Å². The third-order valence-corrected chi connectivity index (χ3v) is 1.50. The molecule has 3 heteroatoms. The molecule has 0 heterocycles. The molecule has 0 fully saturated rings. The molecule has 1 aromatic carbocycles. The summed E-state index contributed by atoms with van der Waals surface area (Å²) in [6, 6.07) is 7.55. The van der Waals surface area contributed by atoms with Gasteiger partial charge in [-0.05, 0) is 17.7 Å². The molecule has 2 N–H and O–H groups in total. The van der Waals surface area contributed by atoms with E-state index < -0.39 is 0 Å². The number of nitrogens with two attached hydrogens (primary N) is 1. The summed E-state index contributed by atoms with van der Waals surface area (Å²) >= 11 is 5.74. The van der Waals surface area contributed by atoms with Crippen LogP contribution in [-0.4, -0.2) is 6.34 Å². The summed E-state index contributed by atoms with van der Waals surface area (Å²) in [7, 11) is 0. The Morgan fingerprint density at radius 1 is 1.55 bits per heavy atom. The zero-order valence-corrected chi connectivity index (χ0v) is 6.75. The van der Waals surface area contributed by atoms with Gasteiger partial charge in [-0.3, -0.25) is 4.99 Å². The molecule has 0 aromatic heterocycles. The largest absolute Gasteiger partial charge is 0.390 e. The molecule has 2 nitrogen and oxygen atoms in total. The van der Waals surface area contributed by atoms with Crippen molar-refractivity contribution in [2.45, 2.75) is 6.54 Å². The van der Waals surface area contributed by atoms with Crippen LogP contribution in [0, 0.1) is 0 Å². The van der Waals surface area contributed by atoms with Crippen LogP contribution < -0.4 is 5.73 Å². The molecule has 0 saturated heterocycles.